The number of aromatic nitrogens is 1. The van der Waals surface area contributed by atoms with Crippen molar-refractivity contribution >= 4 is 57.8 Å². The van der Waals surface area contributed by atoms with Crippen LogP contribution in [0.5, 0.6) is 11.5 Å². The molecular weight excluding hydrogens is 743 g/mol. The molecule has 0 aliphatic carbocycles. The summed E-state index contributed by atoms with van der Waals surface area (Å²) in [4.78, 5) is 75.4. The third-order valence-electron chi connectivity index (χ3n) is 9.48. The fraction of sp³-hybridized carbons (Fsp3) is 0.333. The number of aromatic hydroxyl groups is 2. The van der Waals surface area contributed by atoms with E-state index in [9.17, 15) is 34.2 Å². The molecule has 288 valence electrons. The summed E-state index contributed by atoms with van der Waals surface area (Å²) >= 11 is 2.65. The summed E-state index contributed by atoms with van der Waals surface area (Å²) in [5.74, 6) is -2.26. The molecule has 5 amide bonds. The molecule has 6 rings (SSSR count). The number of nitrogens with one attached hydrogen (secondary N) is 4. The van der Waals surface area contributed by atoms with Crippen LogP contribution in [-0.4, -0.2) is 92.1 Å². The van der Waals surface area contributed by atoms with Gasteiger partial charge in [0.1, 0.15) is 41.7 Å². The van der Waals surface area contributed by atoms with E-state index in [4.69, 9.17) is 5.73 Å². The molecule has 3 aromatic carbocycles. The van der Waals surface area contributed by atoms with Crippen LogP contribution in [0.2, 0.25) is 0 Å². The molecule has 8 N–H and O–H groups in total. The van der Waals surface area contributed by atoms with E-state index in [1.54, 1.807) is 48.5 Å². The molecule has 55 heavy (non-hydrogen) atoms. The van der Waals surface area contributed by atoms with Crippen molar-refractivity contribution in [2.45, 2.75) is 68.1 Å². The van der Waals surface area contributed by atoms with Crippen molar-refractivity contribution in [3.8, 4) is 11.5 Å². The Hall–Kier alpha value is -5.61. The fourth-order valence-corrected chi connectivity index (χ4v) is 8.41. The number of thiazole rings is 1. The summed E-state index contributed by atoms with van der Waals surface area (Å²) in [5, 5.41) is 33.7. The molecule has 1 saturated heterocycles. The molecule has 3 heterocycles. The third kappa shape index (κ3) is 10.5. The number of nitrogens with zero attached hydrogens (tertiary/aromatic N) is 2. The van der Waals surface area contributed by atoms with E-state index in [-0.39, 0.29) is 42.4 Å². The number of fused-ring (bicyclic) bond motifs is 3. The van der Waals surface area contributed by atoms with Gasteiger partial charge in [-0.2, -0.15) is 11.8 Å². The van der Waals surface area contributed by atoms with Gasteiger partial charge in [-0.05, 0) is 53.8 Å². The second-order valence-corrected chi connectivity index (χ2v) is 15.5. The van der Waals surface area contributed by atoms with Crippen LogP contribution in [0, 0.1) is 0 Å². The first-order valence-electron chi connectivity index (χ1n) is 17.9. The zero-order valence-electron chi connectivity index (χ0n) is 29.9. The number of anilines is 1. The van der Waals surface area contributed by atoms with Crippen LogP contribution < -0.4 is 27.0 Å². The largest absolute Gasteiger partial charge is 0.508 e. The van der Waals surface area contributed by atoms with Crippen LogP contribution in [0.1, 0.15) is 35.2 Å². The summed E-state index contributed by atoms with van der Waals surface area (Å²) in [5.41, 5.74) is 8.57. The molecule has 5 atom stereocenters. The maximum Gasteiger partial charge on any atom is 0.246 e. The first kappa shape index (κ1) is 39.1. The lowest BCUT2D eigenvalue weighted by Gasteiger charge is -2.30. The molecule has 0 spiro atoms. The Morgan fingerprint density at radius 1 is 0.745 bits per heavy atom. The van der Waals surface area contributed by atoms with Crippen molar-refractivity contribution in [2.75, 3.05) is 17.6 Å². The summed E-state index contributed by atoms with van der Waals surface area (Å²) < 4.78 is 0. The van der Waals surface area contributed by atoms with Gasteiger partial charge in [-0.1, -0.05) is 54.6 Å². The van der Waals surface area contributed by atoms with Gasteiger partial charge in [0.25, 0.3) is 0 Å². The zero-order chi connectivity index (χ0) is 38.9. The molecule has 0 unspecified atom stereocenters. The summed E-state index contributed by atoms with van der Waals surface area (Å²) in [7, 11) is 0. The van der Waals surface area contributed by atoms with E-state index < -0.39 is 53.8 Å². The average Bonchev–Trinajstić information content (AvgIpc) is 3.85. The second-order valence-electron chi connectivity index (χ2n) is 13.6. The van der Waals surface area contributed by atoms with Gasteiger partial charge in [-0.3, -0.25) is 24.0 Å². The van der Waals surface area contributed by atoms with Crippen molar-refractivity contribution < 1.29 is 34.2 Å². The number of hydrogen-bond donors (Lipinski definition) is 7. The molecule has 2 aliphatic rings. The van der Waals surface area contributed by atoms with E-state index in [1.807, 2.05) is 23.6 Å². The molecule has 0 saturated carbocycles. The number of carbonyl (C=O) groups excluding carboxylic acids is 5. The van der Waals surface area contributed by atoms with Gasteiger partial charge in [-0.15, -0.1) is 11.3 Å². The highest BCUT2D eigenvalue weighted by molar-refractivity contribution is 7.98. The number of carbonyl (C=O) groups is 5. The Balaban J connectivity index is 1.34. The monoisotopic (exact) mass is 785 g/mol. The van der Waals surface area contributed by atoms with Crippen LogP contribution in [-0.2, 0) is 49.0 Å². The highest BCUT2D eigenvalue weighted by atomic mass is 32.2. The van der Waals surface area contributed by atoms with Gasteiger partial charge in [0.05, 0.1) is 5.69 Å². The topological polar surface area (TPSA) is 216 Å². The Morgan fingerprint density at radius 2 is 1.31 bits per heavy atom. The SMILES string of the molecule is NC(=O)[C@@H]1CSCc2csc(n2)N[C@@H](Cc2ccc(O)cc2)C(=O)N2CCC[C@H]2C(=O)N[C@@H](Cc2ccc(O)cc2)C(=O)N[C@@H](Cc2ccccc2)C(=O)N1. The number of amides is 5. The molecule has 1 fully saturated rings. The van der Waals surface area contributed by atoms with Gasteiger partial charge in [0, 0.05) is 42.7 Å². The summed E-state index contributed by atoms with van der Waals surface area (Å²) in [6.07, 6.45) is 1.25. The van der Waals surface area contributed by atoms with E-state index in [1.165, 1.54) is 40.1 Å². The molecule has 16 heteroatoms. The highest BCUT2D eigenvalue weighted by Gasteiger charge is 2.39. The van der Waals surface area contributed by atoms with Crippen molar-refractivity contribution in [3.63, 3.8) is 0 Å². The van der Waals surface area contributed by atoms with Crippen LogP contribution in [0.15, 0.2) is 84.2 Å². The quantitative estimate of drug-likeness (QED) is 0.145. The lowest BCUT2D eigenvalue weighted by atomic mass is 10.0. The van der Waals surface area contributed by atoms with Gasteiger partial charge < -0.3 is 42.1 Å². The van der Waals surface area contributed by atoms with E-state index in [2.05, 4.69) is 26.3 Å². The van der Waals surface area contributed by atoms with Crippen molar-refractivity contribution in [1.29, 1.82) is 0 Å². The Labute approximate surface area is 326 Å². The smallest absolute Gasteiger partial charge is 0.246 e. The third-order valence-corrected chi connectivity index (χ3v) is 11.4. The molecule has 14 nitrogen and oxygen atoms in total. The molecule has 2 aliphatic heterocycles. The molecule has 1 aromatic heterocycles. The van der Waals surface area contributed by atoms with Crippen molar-refractivity contribution in [1.82, 2.24) is 25.8 Å². The number of hydrogen-bond acceptors (Lipinski definition) is 11. The molecular formula is C39H43N7O7S2. The van der Waals surface area contributed by atoms with Gasteiger partial charge >= 0.3 is 0 Å². The lowest BCUT2D eigenvalue weighted by molar-refractivity contribution is -0.140. The minimum absolute atomic E-state index is 0.0101. The van der Waals surface area contributed by atoms with Gasteiger partial charge in [0.15, 0.2) is 5.13 Å². The molecule has 0 radical (unpaired) electrons. The normalized spacial score (nSPS) is 22.8. The number of nitrogens with two attached hydrogens (primary N) is 1. The number of phenols is 2. The van der Waals surface area contributed by atoms with Gasteiger partial charge in [0.2, 0.25) is 29.5 Å². The summed E-state index contributed by atoms with van der Waals surface area (Å²) in [6.45, 7) is 0.319. The van der Waals surface area contributed by atoms with Crippen LogP contribution in [0.4, 0.5) is 5.13 Å². The lowest BCUT2D eigenvalue weighted by Crippen LogP contribution is -2.59. The van der Waals surface area contributed by atoms with E-state index in [0.29, 0.717) is 41.5 Å². The van der Waals surface area contributed by atoms with Crippen LogP contribution in [0.3, 0.4) is 0 Å². The number of rotatable bonds is 7. The first-order valence-corrected chi connectivity index (χ1v) is 19.9. The zero-order valence-corrected chi connectivity index (χ0v) is 31.5. The van der Waals surface area contributed by atoms with Crippen LogP contribution >= 0.6 is 23.1 Å². The molecule has 4 aromatic rings. The number of benzene rings is 3. The predicted molar refractivity (Wildman–Crippen MR) is 209 cm³/mol. The average molecular weight is 786 g/mol. The summed E-state index contributed by atoms with van der Waals surface area (Å²) in [6, 6.07) is 16.7. The van der Waals surface area contributed by atoms with E-state index in [0.717, 1.165) is 11.1 Å². The Morgan fingerprint density at radius 3 is 1.93 bits per heavy atom. The minimum Gasteiger partial charge on any atom is -0.508 e. The highest BCUT2D eigenvalue weighted by Crippen LogP contribution is 2.26. The number of phenolic OH excluding ortho intramolecular Hbond substituents is 2. The van der Waals surface area contributed by atoms with Crippen molar-refractivity contribution in [3.05, 3.63) is 107 Å². The predicted octanol–water partition coefficient (Wildman–Crippen LogP) is 2.24. The first-order chi connectivity index (χ1) is 26.5. The maximum atomic E-state index is 14.4. The second kappa shape index (κ2) is 18.1. The Bertz CT molecular complexity index is 1980. The number of thioether (sulfide) groups is 1. The van der Waals surface area contributed by atoms with Crippen LogP contribution in [0.25, 0.3) is 0 Å². The van der Waals surface area contributed by atoms with Crippen molar-refractivity contribution in [2.24, 2.45) is 5.73 Å². The Kier molecular flexibility index (Phi) is 12.9. The fourth-order valence-electron chi connectivity index (χ4n) is 6.58. The van der Waals surface area contributed by atoms with Gasteiger partial charge in [-0.25, -0.2) is 4.98 Å². The standard InChI is InChI=1S/C39H43N7O7S2/c40-34(49)32-22-54-20-26-21-55-39(41-26)45-31(19-25-10-14-28(48)15-11-25)38(53)46-16-4-7-33(46)37(52)43-30(18-24-8-12-27(47)13-9-24)35(50)42-29(36(51)44-32)17-23-5-2-1-3-6-23/h1-3,5-6,8-15,21,29-33,47-48H,4,7,16-20,22H2,(H2,40,49)(H,41,45)(H,42,50)(H,43,52)(H,44,51)/t29-,30-,31-,32-,33-/m0/s1. The minimum atomic E-state index is -1.19. The molecule has 2 bridgehead atoms. The number of primary amides is 1. The van der Waals surface area contributed by atoms with E-state index >= 15 is 0 Å². The maximum absolute atomic E-state index is 14.4.